The van der Waals surface area contributed by atoms with Crippen LogP contribution in [0.2, 0.25) is 5.02 Å². The van der Waals surface area contributed by atoms with Gasteiger partial charge in [0.25, 0.3) is 0 Å². The first kappa shape index (κ1) is 41.3. The molecule has 9 atom stereocenters. The molecular formula is C43H63ClN4O5S. The smallest absolute Gasteiger partial charge is 0.150 e. The molecule has 8 unspecified atom stereocenters. The summed E-state index contributed by atoms with van der Waals surface area (Å²) in [6.45, 7) is 16.4. The van der Waals surface area contributed by atoms with Crippen molar-refractivity contribution in [1.29, 1.82) is 0 Å². The molecule has 3 heterocycles. The quantitative estimate of drug-likeness (QED) is 0.148. The van der Waals surface area contributed by atoms with Gasteiger partial charge in [-0.05, 0) is 106 Å². The van der Waals surface area contributed by atoms with Crippen LogP contribution in [-0.4, -0.2) is 116 Å². The molecule has 2 aromatic carbocycles. The number of allylic oxidation sites excluding steroid dienone is 1. The molecular weight excluding hydrogens is 720 g/mol. The third kappa shape index (κ3) is 9.44. The van der Waals surface area contributed by atoms with E-state index in [0.717, 1.165) is 107 Å². The number of fused-ring (bicyclic) bond motifs is 2. The Labute approximate surface area is 331 Å². The second-order valence-electron chi connectivity index (χ2n) is 16.3. The lowest BCUT2D eigenvalue weighted by molar-refractivity contribution is -0.117. The van der Waals surface area contributed by atoms with Gasteiger partial charge < -0.3 is 19.1 Å². The van der Waals surface area contributed by atoms with Crippen molar-refractivity contribution in [2.75, 3.05) is 78.1 Å². The van der Waals surface area contributed by atoms with E-state index < -0.39 is 16.6 Å². The number of morpholine rings is 1. The Hall–Kier alpha value is -2.31. The first-order valence-electron chi connectivity index (χ1n) is 20.2. The summed E-state index contributed by atoms with van der Waals surface area (Å²) in [5, 5.41) is 0.794. The first-order valence-corrected chi connectivity index (χ1v) is 21.8. The molecule has 2 saturated heterocycles. The molecule has 54 heavy (non-hydrogen) atoms. The monoisotopic (exact) mass is 782 g/mol. The highest BCUT2D eigenvalue weighted by molar-refractivity contribution is 7.83. The van der Waals surface area contributed by atoms with Crippen molar-refractivity contribution in [1.82, 2.24) is 14.5 Å². The van der Waals surface area contributed by atoms with E-state index in [1.807, 2.05) is 31.4 Å². The predicted molar refractivity (Wildman–Crippen MR) is 220 cm³/mol. The Balaban J connectivity index is 1.28. The van der Waals surface area contributed by atoms with Crippen molar-refractivity contribution in [2.45, 2.75) is 88.7 Å². The zero-order valence-corrected chi connectivity index (χ0v) is 34.9. The lowest BCUT2D eigenvalue weighted by atomic mass is 9.63. The van der Waals surface area contributed by atoms with Crippen LogP contribution in [0.1, 0.15) is 80.8 Å². The van der Waals surface area contributed by atoms with Gasteiger partial charge in [-0.15, -0.1) is 0 Å². The van der Waals surface area contributed by atoms with E-state index in [9.17, 15) is 9.00 Å². The second-order valence-corrected chi connectivity index (χ2v) is 18.5. The van der Waals surface area contributed by atoms with E-state index in [2.05, 4.69) is 71.4 Å². The third-order valence-electron chi connectivity index (χ3n) is 12.8. The number of halogens is 1. The molecule has 6 rings (SSSR count). The van der Waals surface area contributed by atoms with Crippen LogP contribution in [0.5, 0.6) is 5.75 Å². The molecule has 1 aliphatic carbocycles. The van der Waals surface area contributed by atoms with Gasteiger partial charge in [0, 0.05) is 80.7 Å². The molecule has 1 saturated carbocycles. The second kappa shape index (κ2) is 18.8. The van der Waals surface area contributed by atoms with Crippen LogP contribution in [-0.2, 0) is 26.9 Å². The summed E-state index contributed by atoms with van der Waals surface area (Å²) in [6.07, 6.45) is 10.9. The van der Waals surface area contributed by atoms with E-state index in [1.54, 1.807) is 7.05 Å². The average Bonchev–Trinajstić information content (AvgIpc) is 3.34. The van der Waals surface area contributed by atoms with Gasteiger partial charge in [-0.2, -0.15) is 0 Å². The van der Waals surface area contributed by atoms with Gasteiger partial charge in [0.1, 0.15) is 17.6 Å². The van der Waals surface area contributed by atoms with E-state index in [4.69, 9.17) is 25.8 Å². The highest BCUT2D eigenvalue weighted by Gasteiger charge is 2.49. The Morgan fingerprint density at radius 2 is 1.94 bits per heavy atom. The summed E-state index contributed by atoms with van der Waals surface area (Å²) in [5.74, 6) is 1.88. The number of ether oxygens (including phenoxy) is 3. The number of hydrogen-bond acceptors (Lipinski definition) is 8. The Kier molecular flexibility index (Phi) is 14.4. The lowest BCUT2D eigenvalue weighted by Crippen LogP contribution is -2.63. The lowest BCUT2D eigenvalue weighted by Gasteiger charge is -2.53. The third-order valence-corrected chi connectivity index (χ3v) is 14.5. The first-order chi connectivity index (χ1) is 26.1. The zero-order valence-electron chi connectivity index (χ0n) is 33.3. The molecule has 0 aromatic heterocycles. The van der Waals surface area contributed by atoms with Crippen molar-refractivity contribution < 1.29 is 23.2 Å². The Morgan fingerprint density at radius 3 is 2.67 bits per heavy atom. The number of carbonyl (C=O) groups is 1. The highest BCUT2D eigenvalue weighted by Crippen LogP contribution is 2.47. The summed E-state index contributed by atoms with van der Waals surface area (Å²) < 4.78 is 34.9. The minimum absolute atomic E-state index is 0.0304. The van der Waals surface area contributed by atoms with Crippen molar-refractivity contribution in [2.24, 2.45) is 17.8 Å². The van der Waals surface area contributed by atoms with Gasteiger partial charge in [-0.25, -0.2) is 8.93 Å². The van der Waals surface area contributed by atoms with Crippen molar-refractivity contribution in [3.05, 3.63) is 70.3 Å². The van der Waals surface area contributed by atoms with Gasteiger partial charge >= 0.3 is 0 Å². The number of rotatable bonds is 16. The molecule has 298 valence electrons. The van der Waals surface area contributed by atoms with Crippen molar-refractivity contribution in [3.63, 3.8) is 0 Å². The molecule has 1 N–H and O–H groups in total. The molecule has 0 spiro atoms. The van der Waals surface area contributed by atoms with Crippen LogP contribution in [0.4, 0.5) is 5.69 Å². The van der Waals surface area contributed by atoms with E-state index in [0.29, 0.717) is 30.0 Å². The molecule has 11 heteroatoms. The molecule has 3 fully saturated rings. The van der Waals surface area contributed by atoms with Gasteiger partial charge in [-0.3, -0.25) is 14.6 Å². The SMILES string of the molecule is CCCc1cc(Cl)ccc1C1COc2ccc(C=O)cc2N(CC2CCC2[C@@](/C=C/CC(C)C(C)S(=O)NC)(CN2CCN3CC(C)OCC3C2)OC)C1. The van der Waals surface area contributed by atoms with Gasteiger partial charge in [-0.1, -0.05) is 50.1 Å². The molecule has 0 bridgehead atoms. The van der Waals surface area contributed by atoms with E-state index >= 15 is 0 Å². The summed E-state index contributed by atoms with van der Waals surface area (Å²) in [4.78, 5) is 19.7. The minimum Gasteiger partial charge on any atom is -0.491 e. The summed E-state index contributed by atoms with van der Waals surface area (Å²) in [5.41, 5.74) is 3.72. The number of anilines is 1. The zero-order chi connectivity index (χ0) is 38.4. The molecule has 0 amide bonds. The summed E-state index contributed by atoms with van der Waals surface area (Å²) in [6, 6.07) is 12.5. The van der Waals surface area contributed by atoms with Crippen LogP contribution < -0.4 is 14.4 Å². The number of piperazine rings is 1. The number of nitrogens with one attached hydrogen (secondary N) is 1. The number of aryl methyl sites for hydroxylation is 1. The van der Waals surface area contributed by atoms with Crippen molar-refractivity contribution >= 4 is 34.6 Å². The topological polar surface area (TPSA) is 83.6 Å². The fourth-order valence-electron chi connectivity index (χ4n) is 9.27. The van der Waals surface area contributed by atoms with Gasteiger partial charge in [0.15, 0.2) is 0 Å². The molecule has 9 nitrogen and oxygen atoms in total. The Morgan fingerprint density at radius 1 is 1.11 bits per heavy atom. The molecule has 0 radical (unpaired) electrons. The fraction of sp³-hybridized carbons (Fsp3) is 0.651. The standard InChI is InChI=1S/C43H63ClN4O5S/c1-7-9-34-21-37(44)13-14-39(34)36-24-48(41-20-33(26-49)11-16-42(41)53-27-36)23-35-12-15-40(35)43(51-6,17-8-10-30(2)32(4)54(50)45-5)29-46-18-19-47-22-31(3)52-28-38(47)25-46/h8,11,13-14,16-17,20-21,26,30-32,35-36,38,40,45H,7,9-10,12,15,18-19,22-25,27-29H2,1-6H3/b17-8+/t30?,31?,32?,35?,36?,38?,40?,43-,54?/m1/s1. The Bertz CT molecular complexity index is 1630. The predicted octanol–water partition coefficient (Wildman–Crippen LogP) is 6.76. The maximum absolute atomic E-state index is 12.6. The molecule has 4 aliphatic rings. The van der Waals surface area contributed by atoms with Crippen LogP contribution in [0, 0.1) is 17.8 Å². The molecule has 3 aliphatic heterocycles. The maximum Gasteiger partial charge on any atom is 0.150 e. The summed E-state index contributed by atoms with van der Waals surface area (Å²) >= 11 is 6.50. The van der Waals surface area contributed by atoms with Crippen LogP contribution >= 0.6 is 11.6 Å². The van der Waals surface area contributed by atoms with Crippen LogP contribution in [0.25, 0.3) is 0 Å². The number of hydrogen-bond donors (Lipinski definition) is 1. The normalized spacial score (nSPS) is 27.8. The fourth-order valence-corrected chi connectivity index (χ4v) is 10.4. The van der Waals surface area contributed by atoms with Gasteiger partial charge in [0.2, 0.25) is 0 Å². The average molecular weight is 784 g/mol. The van der Waals surface area contributed by atoms with E-state index in [-0.39, 0.29) is 23.2 Å². The van der Waals surface area contributed by atoms with Crippen LogP contribution in [0.15, 0.2) is 48.6 Å². The van der Waals surface area contributed by atoms with E-state index in [1.165, 1.54) is 11.1 Å². The largest absolute Gasteiger partial charge is 0.491 e. The number of carbonyl (C=O) groups excluding carboxylic acids is 1. The summed E-state index contributed by atoms with van der Waals surface area (Å²) in [7, 11) is 2.57. The molecule has 2 aromatic rings. The highest BCUT2D eigenvalue weighted by atomic mass is 35.5. The maximum atomic E-state index is 12.6. The van der Waals surface area contributed by atoms with Crippen LogP contribution in [0.3, 0.4) is 0 Å². The number of benzene rings is 2. The number of methoxy groups -OCH3 is 1. The van der Waals surface area contributed by atoms with Crippen molar-refractivity contribution in [3.8, 4) is 5.75 Å². The number of aldehydes is 1. The minimum atomic E-state index is -1.08. The van der Waals surface area contributed by atoms with Gasteiger partial charge in [0.05, 0.1) is 36.0 Å². The number of nitrogens with zero attached hydrogens (tertiary/aromatic N) is 3.